The van der Waals surface area contributed by atoms with Crippen molar-refractivity contribution in [3.05, 3.63) is 11.6 Å². The zero-order valence-corrected chi connectivity index (χ0v) is 13.9. The van der Waals surface area contributed by atoms with Crippen LogP contribution in [0.15, 0.2) is 16.6 Å². The van der Waals surface area contributed by atoms with Gasteiger partial charge in [0.05, 0.1) is 0 Å². The van der Waals surface area contributed by atoms with Gasteiger partial charge in [0.15, 0.2) is 15.8 Å². The van der Waals surface area contributed by atoms with Crippen molar-refractivity contribution < 1.29 is 13.2 Å². The van der Waals surface area contributed by atoms with E-state index in [1.54, 1.807) is 18.7 Å². The summed E-state index contributed by atoms with van der Waals surface area (Å²) in [5.74, 6) is 0.0176. The summed E-state index contributed by atoms with van der Waals surface area (Å²) >= 11 is 1.34. The van der Waals surface area contributed by atoms with Crippen molar-refractivity contribution in [3.63, 3.8) is 0 Å². The maximum absolute atomic E-state index is 12.5. The molecule has 9 heteroatoms. The first-order chi connectivity index (χ1) is 9.77. The van der Waals surface area contributed by atoms with Crippen LogP contribution in [0.4, 0.5) is 5.82 Å². The minimum atomic E-state index is -3.71. The minimum absolute atomic E-state index is 0.00120. The molecule has 0 saturated heterocycles. The zero-order valence-electron chi connectivity index (χ0n) is 12.3. The Balaban J connectivity index is 2.19. The molecule has 0 aromatic carbocycles. The number of rotatable bonds is 7. The van der Waals surface area contributed by atoms with Crippen molar-refractivity contribution >= 4 is 32.1 Å². The number of ether oxygens (including phenoxy) is 1. The number of imidazole rings is 1. The van der Waals surface area contributed by atoms with Gasteiger partial charge in [0.2, 0.25) is 0 Å². The highest BCUT2D eigenvalue weighted by Crippen LogP contribution is 2.25. The van der Waals surface area contributed by atoms with Crippen molar-refractivity contribution in [2.45, 2.75) is 25.3 Å². The number of nitrogens with one attached hydrogen (secondary N) is 1. The number of hydrogen-bond acceptors (Lipinski definition) is 6. The van der Waals surface area contributed by atoms with E-state index >= 15 is 0 Å². The molecule has 2 rings (SSSR count). The van der Waals surface area contributed by atoms with Crippen LogP contribution in [0.5, 0.6) is 0 Å². The number of nitrogen functional groups attached to an aromatic ring is 1. The highest BCUT2D eigenvalue weighted by molar-refractivity contribution is 7.89. The molecule has 0 aliphatic carbocycles. The third-order valence-electron chi connectivity index (χ3n) is 3.22. The summed E-state index contributed by atoms with van der Waals surface area (Å²) in [6.07, 6.45) is 2.40. The topological polar surface area (TPSA) is 98.7 Å². The van der Waals surface area contributed by atoms with E-state index in [2.05, 4.69) is 9.71 Å². The molecule has 0 radical (unpaired) electrons. The lowest BCUT2D eigenvalue weighted by Crippen LogP contribution is -2.35. The number of sulfonamides is 1. The molecule has 0 unspecified atom stereocenters. The second kappa shape index (κ2) is 5.91. The predicted molar refractivity (Wildman–Crippen MR) is 82.9 cm³/mol. The van der Waals surface area contributed by atoms with E-state index in [4.69, 9.17) is 10.5 Å². The summed E-state index contributed by atoms with van der Waals surface area (Å²) in [5.41, 5.74) is 5.53. The summed E-state index contributed by atoms with van der Waals surface area (Å²) in [6.45, 7) is 4.84. The summed E-state index contributed by atoms with van der Waals surface area (Å²) in [6, 6.07) is 0. The van der Waals surface area contributed by atoms with Gasteiger partial charge >= 0.3 is 0 Å². The van der Waals surface area contributed by atoms with Crippen LogP contribution in [0.2, 0.25) is 0 Å². The molecule has 0 aliphatic heterocycles. The average Bonchev–Trinajstić information content (AvgIpc) is 2.93. The van der Waals surface area contributed by atoms with Crippen molar-refractivity contribution in [3.8, 4) is 0 Å². The quantitative estimate of drug-likeness (QED) is 0.797. The van der Waals surface area contributed by atoms with Crippen LogP contribution < -0.4 is 10.5 Å². The third kappa shape index (κ3) is 3.54. The number of thiazole rings is 1. The Bertz CT molecular complexity index is 718. The number of fused-ring (bicyclic) bond motifs is 1. The Kier molecular flexibility index (Phi) is 4.57. The van der Waals surface area contributed by atoms with Gasteiger partial charge in [0.1, 0.15) is 0 Å². The van der Waals surface area contributed by atoms with Gasteiger partial charge in [-0.05, 0) is 11.8 Å². The Morgan fingerprint density at radius 2 is 2.24 bits per heavy atom. The summed E-state index contributed by atoms with van der Waals surface area (Å²) in [4.78, 5) is 4.62. The van der Waals surface area contributed by atoms with Crippen molar-refractivity contribution in [2.75, 3.05) is 26.0 Å². The molecule has 0 aliphatic rings. The van der Waals surface area contributed by atoms with Gasteiger partial charge < -0.3 is 10.5 Å². The van der Waals surface area contributed by atoms with E-state index in [-0.39, 0.29) is 16.3 Å². The maximum Gasteiger partial charge on any atom is 0.260 e. The molecule has 0 amide bonds. The number of methoxy groups -OCH3 is 1. The first kappa shape index (κ1) is 16.2. The van der Waals surface area contributed by atoms with E-state index in [0.717, 1.165) is 6.42 Å². The zero-order chi connectivity index (χ0) is 15.7. The molecule has 118 valence electrons. The van der Waals surface area contributed by atoms with Crippen LogP contribution >= 0.6 is 11.3 Å². The molecule has 7 nitrogen and oxygen atoms in total. The molecule has 0 fully saturated rings. The fourth-order valence-corrected chi connectivity index (χ4v) is 4.10. The average molecular weight is 332 g/mol. The predicted octanol–water partition coefficient (Wildman–Crippen LogP) is 1.32. The first-order valence-corrected chi connectivity index (χ1v) is 8.83. The second-order valence-corrected chi connectivity index (χ2v) is 8.14. The Hall–Kier alpha value is -1.16. The number of anilines is 1. The van der Waals surface area contributed by atoms with Crippen molar-refractivity contribution in [1.82, 2.24) is 14.1 Å². The molecule has 0 atom stereocenters. The molecule has 0 saturated carbocycles. The lowest BCUT2D eigenvalue weighted by Gasteiger charge is -2.24. The van der Waals surface area contributed by atoms with E-state index in [9.17, 15) is 8.42 Å². The third-order valence-corrected chi connectivity index (χ3v) is 5.42. The SMILES string of the molecule is COCCC(C)(C)CNS(=O)(=O)c1c(N)nc2sccn12. The van der Waals surface area contributed by atoms with Crippen LogP contribution in [-0.2, 0) is 14.8 Å². The molecule has 2 aromatic heterocycles. The Labute approximate surface area is 128 Å². The van der Waals surface area contributed by atoms with Gasteiger partial charge in [-0.1, -0.05) is 13.8 Å². The number of aromatic nitrogens is 2. The van der Waals surface area contributed by atoms with Crippen LogP contribution in [0.3, 0.4) is 0 Å². The molecule has 2 heterocycles. The summed E-state index contributed by atoms with van der Waals surface area (Å²) in [7, 11) is -2.09. The fraction of sp³-hybridized carbons (Fsp3) is 0.583. The van der Waals surface area contributed by atoms with Gasteiger partial charge in [0.25, 0.3) is 10.0 Å². The molecule has 0 bridgehead atoms. The molecule has 3 N–H and O–H groups in total. The minimum Gasteiger partial charge on any atom is -0.385 e. The molecule has 21 heavy (non-hydrogen) atoms. The van der Waals surface area contributed by atoms with Crippen molar-refractivity contribution in [2.24, 2.45) is 5.41 Å². The number of nitrogens with zero attached hydrogens (tertiary/aromatic N) is 2. The van der Waals surface area contributed by atoms with E-state index < -0.39 is 10.0 Å². The van der Waals surface area contributed by atoms with Gasteiger partial charge in [-0.15, -0.1) is 11.3 Å². The maximum atomic E-state index is 12.5. The Morgan fingerprint density at radius 1 is 1.52 bits per heavy atom. The number of nitrogens with two attached hydrogens (primary N) is 1. The molecule has 2 aromatic rings. The monoisotopic (exact) mass is 332 g/mol. The van der Waals surface area contributed by atoms with E-state index in [0.29, 0.717) is 18.1 Å². The Morgan fingerprint density at radius 3 is 2.90 bits per heavy atom. The van der Waals surface area contributed by atoms with Crippen LogP contribution in [0.1, 0.15) is 20.3 Å². The summed E-state index contributed by atoms with van der Waals surface area (Å²) in [5, 5.41) is 1.77. The smallest absolute Gasteiger partial charge is 0.260 e. The molecular weight excluding hydrogens is 312 g/mol. The number of hydrogen-bond donors (Lipinski definition) is 2. The highest BCUT2D eigenvalue weighted by Gasteiger charge is 2.27. The van der Waals surface area contributed by atoms with Crippen LogP contribution in [0, 0.1) is 5.41 Å². The van der Waals surface area contributed by atoms with Crippen LogP contribution in [-0.4, -0.2) is 38.1 Å². The van der Waals surface area contributed by atoms with Crippen LogP contribution in [0.25, 0.3) is 4.96 Å². The fourth-order valence-electron chi connectivity index (χ4n) is 1.87. The van der Waals surface area contributed by atoms with Crippen molar-refractivity contribution in [1.29, 1.82) is 0 Å². The van der Waals surface area contributed by atoms with Gasteiger partial charge in [-0.25, -0.2) is 18.1 Å². The molecule has 0 spiro atoms. The van der Waals surface area contributed by atoms with Gasteiger partial charge in [-0.3, -0.25) is 4.40 Å². The second-order valence-electron chi connectivity index (χ2n) is 5.59. The lowest BCUT2D eigenvalue weighted by atomic mass is 9.90. The van der Waals surface area contributed by atoms with E-state index in [1.165, 1.54) is 15.7 Å². The first-order valence-electron chi connectivity index (χ1n) is 6.46. The summed E-state index contributed by atoms with van der Waals surface area (Å²) < 4.78 is 34.1. The largest absolute Gasteiger partial charge is 0.385 e. The standard InChI is InChI=1S/C12H20N4O3S2/c1-12(2,4-6-19-3)8-14-21(17,18)10-9(13)15-11-16(10)5-7-20-11/h5,7,14H,4,6,8,13H2,1-3H3. The van der Waals surface area contributed by atoms with Gasteiger partial charge in [-0.2, -0.15) is 0 Å². The van der Waals surface area contributed by atoms with Gasteiger partial charge in [0, 0.05) is 31.8 Å². The molecular formula is C12H20N4O3S2. The lowest BCUT2D eigenvalue weighted by molar-refractivity contribution is 0.153. The van der Waals surface area contributed by atoms with E-state index in [1.807, 2.05) is 13.8 Å². The highest BCUT2D eigenvalue weighted by atomic mass is 32.2. The normalized spacial score (nSPS) is 13.1.